The van der Waals surface area contributed by atoms with Gasteiger partial charge in [-0.25, -0.2) is 28.6 Å². The van der Waals surface area contributed by atoms with Crippen LogP contribution in [0.5, 0.6) is 0 Å². The zero-order valence-electron chi connectivity index (χ0n) is 16.2. The average molecular weight is 501 g/mol. The van der Waals surface area contributed by atoms with Crippen molar-refractivity contribution in [2.24, 2.45) is 17.8 Å². The number of nitrogen functional groups attached to an aromatic ring is 1. The summed E-state index contributed by atoms with van der Waals surface area (Å²) in [5.41, 5.74) is 6.88. The lowest BCUT2D eigenvalue weighted by atomic mass is 9.92. The van der Waals surface area contributed by atoms with E-state index in [1.165, 1.54) is 6.33 Å². The molecular weight excluding hydrogens is 479 g/mol. The third-order valence-electron chi connectivity index (χ3n) is 5.12. The predicted molar refractivity (Wildman–Crippen MR) is 105 cm³/mol. The Morgan fingerprint density at radius 3 is 2.42 bits per heavy atom. The fourth-order valence-electron chi connectivity index (χ4n) is 3.61. The Bertz CT molecular complexity index is 1090. The van der Waals surface area contributed by atoms with Crippen LogP contribution in [0.1, 0.15) is 19.8 Å². The maximum absolute atomic E-state index is 11.9. The van der Waals surface area contributed by atoms with E-state index in [9.17, 15) is 23.5 Å². The third-order valence-corrected chi connectivity index (χ3v) is 8.93. The van der Waals surface area contributed by atoms with Crippen LogP contribution in [0.15, 0.2) is 12.7 Å². The van der Waals surface area contributed by atoms with Crippen LogP contribution in [-0.4, -0.2) is 45.7 Å². The lowest BCUT2D eigenvalue weighted by Crippen LogP contribution is -2.19. The molecule has 0 aliphatic heterocycles. The van der Waals surface area contributed by atoms with Gasteiger partial charge in [-0.1, -0.05) is 6.92 Å². The van der Waals surface area contributed by atoms with E-state index >= 15 is 0 Å². The first kappa shape index (κ1) is 24.4. The molecule has 0 aromatic carbocycles. The van der Waals surface area contributed by atoms with Crippen LogP contribution in [0, 0.1) is 17.8 Å². The van der Waals surface area contributed by atoms with Crippen molar-refractivity contribution in [1.29, 1.82) is 0 Å². The smallest absolute Gasteiger partial charge is 0.382 e. The van der Waals surface area contributed by atoms with Gasteiger partial charge in [0.2, 0.25) is 0 Å². The van der Waals surface area contributed by atoms with Crippen LogP contribution in [-0.2, 0) is 33.4 Å². The molecule has 0 saturated heterocycles. The summed E-state index contributed by atoms with van der Waals surface area (Å²) < 4.78 is 48.0. The van der Waals surface area contributed by atoms with Crippen molar-refractivity contribution in [1.82, 2.24) is 19.5 Å². The summed E-state index contributed by atoms with van der Waals surface area (Å²) in [5, 5.41) is 0. The van der Waals surface area contributed by atoms with Crippen molar-refractivity contribution in [3.63, 3.8) is 0 Å². The van der Waals surface area contributed by atoms with Crippen LogP contribution in [0.2, 0.25) is 0 Å². The Morgan fingerprint density at radius 1 is 1.06 bits per heavy atom. The molecule has 6 N–H and O–H groups in total. The van der Waals surface area contributed by atoms with E-state index in [2.05, 4.69) is 23.6 Å². The van der Waals surface area contributed by atoms with Gasteiger partial charge in [-0.15, -0.1) is 0 Å². The molecule has 2 aromatic rings. The minimum absolute atomic E-state index is 0.0314. The summed E-state index contributed by atoms with van der Waals surface area (Å²) in [6.45, 7) is 2.23. The minimum atomic E-state index is -5.52. The molecule has 1 aliphatic carbocycles. The van der Waals surface area contributed by atoms with Crippen molar-refractivity contribution in [2.75, 3.05) is 12.3 Å². The quantitative estimate of drug-likeness (QED) is 0.306. The fraction of sp³-hybridized carbons (Fsp3) is 0.615. The fourth-order valence-corrected chi connectivity index (χ4v) is 6.68. The van der Waals surface area contributed by atoms with Gasteiger partial charge in [0.1, 0.15) is 11.8 Å². The van der Waals surface area contributed by atoms with Crippen molar-refractivity contribution >= 4 is 40.4 Å². The number of aromatic nitrogens is 4. The van der Waals surface area contributed by atoms with E-state index in [4.69, 9.17) is 20.0 Å². The molecule has 1 fully saturated rings. The molecule has 0 radical (unpaired) electrons. The highest BCUT2D eigenvalue weighted by atomic mass is 31.3. The average Bonchev–Trinajstić information content (AvgIpc) is 3.16. The number of phosphoric acid groups is 3. The number of hydrogen-bond donors (Lipinski definition) is 5. The molecule has 15 nitrogen and oxygen atoms in total. The van der Waals surface area contributed by atoms with Gasteiger partial charge >= 0.3 is 23.5 Å². The number of phosphoric ester groups is 1. The van der Waals surface area contributed by atoms with Crippen LogP contribution in [0.3, 0.4) is 0 Å². The molecule has 31 heavy (non-hydrogen) atoms. The first-order valence-corrected chi connectivity index (χ1v) is 13.5. The first-order chi connectivity index (χ1) is 14.3. The number of fused-ring (bicyclic) bond motifs is 1. The summed E-state index contributed by atoms with van der Waals surface area (Å²) in [6.07, 6.45) is 4.37. The molecule has 0 bridgehead atoms. The Labute approximate surface area is 176 Å². The third kappa shape index (κ3) is 6.39. The Hall–Kier alpha value is -1.24. The van der Waals surface area contributed by atoms with Crippen LogP contribution in [0.4, 0.5) is 5.82 Å². The topological polar surface area (TPSA) is 229 Å². The minimum Gasteiger partial charge on any atom is -0.382 e. The summed E-state index contributed by atoms with van der Waals surface area (Å²) in [6, 6.07) is 0. The number of nitrogens with two attached hydrogens (primary N) is 1. The van der Waals surface area contributed by atoms with Gasteiger partial charge in [-0.3, -0.25) is 4.52 Å². The number of hydrogen-bond acceptors (Lipinski definition) is 10. The molecule has 5 atom stereocenters. The molecule has 174 valence electrons. The second kappa shape index (κ2) is 8.95. The van der Waals surface area contributed by atoms with E-state index in [-0.39, 0.29) is 30.2 Å². The van der Waals surface area contributed by atoms with E-state index in [0.29, 0.717) is 24.1 Å². The molecule has 1 aliphatic rings. The maximum Gasteiger partial charge on any atom is 0.490 e. The molecule has 2 heterocycles. The first-order valence-electron chi connectivity index (χ1n) is 8.96. The van der Waals surface area contributed by atoms with Crippen molar-refractivity contribution in [3.8, 4) is 0 Å². The lowest BCUT2D eigenvalue weighted by molar-refractivity contribution is 0.138. The van der Waals surface area contributed by atoms with Gasteiger partial charge in [0.15, 0.2) is 11.5 Å². The number of nitrogens with zero attached hydrogens (tertiary/aromatic N) is 4. The van der Waals surface area contributed by atoms with Gasteiger partial charge in [0, 0.05) is 6.54 Å². The molecule has 3 rings (SSSR count). The molecule has 18 heteroatoms. The largest absolute Gasteiger partial charge is 0.490 e. The van der Waals surface area contributed by atoms with Crippen molar-refractivity contribution < 1.29 is 46.4 Å². The highest BCUT2D eigenvalue weighted by Gasteiger charge is 2.42. The number of anilines is 1. The summed E-state index contributed by atoms with van der Waals surface area (Å²) in [5.74, 6) is 0.286. The van der Waals surface area contributed by atoms with E-state index < -0.39 is 23.5 Å². The van der Waals surface area contributed by atoms with Gasteiger partial charge in [0.25, 0.3) is 0 Å². The molecule has 1 saturated carbocycles. The van der Waals surface area contributed by atoms with Gasteiger partial charge in [-0.05, 0) is 30.6 Å². The van der Waals surface area contributed by atoms with Gasteiger partial charge in [0.05, 0.1) is 12.9 Å². The normalized spacial score (nSPS) is 26.0. The van der Waals surface area contributed by atoms with Gasteiger partial charge in [-0.2, -0.15) is 8.62 Å². The monoisotopic (exact) mass is 501 g/mol. The van der Waals surface area contributed by atoms with Crippen LogP contribution in [0.25, 0.3) is 11.2 Å². The number of imidazole rings is 1. The molecule has 0 amide bonds. The van der Waals surface area contributed by atoms with Crippen molar-refractivity contribution in [2.45, 2.75) is 26.3 Å². The lowest BCUT2D eigenvalue weighted by Gasteiger charge is -2.22. The maximum atomic E-state index is 11.9. The Kier molecular flexibility index (Phi) is 7.05. The predicted octanol–water partition coefficient (Wildman–Crippen LogP) is 1.41. The molecule has 2 aromatic heterocycles. The van der Waals surface area contributed by atoms with Gasteiger partial charge < -0.3 is 29.9 Å². The van der Waals surface area contributed by atoms with E-state index in [1.807, 2.05) is 11.5 Å². The van der Waals surface area contributed by atoms with Crippen LogP contribution >= 0.6 is 23.5 Å². The van der Waals surface area contributed by atoms with Crippen molar-refractivity contribution in [3.05, 3.63) is 12.7 Å². The number of rotatable bonds is 9. The standard InChI is InChI=1S/C13H22N5O10P3/c1-8-9(4-18-7-17-11-12(14)15-6-16-13(11)18)2-3-10(8)5-26-30(22,23)28-31(24,25)27-29(19,20)21/h6-10H,2-5H2,1H3,(H,22,23)(H,24,25)(H2,14,15,16)(H2,19,20,21)/t8-,9+,10-/m0/s1. The summed E-state index contributed by atoms with van der Waals surface area (Å²) >= 11 is 0. The van der Waals surface area contributed by atoms with E-state index in [1.54, 1.807) is 6.33 Å². The zero-order valence-corrected chi connectivity index (χ0v) is 18.8. The second-order valence-corrected chi connectivity index (χ2v) is 11.6. The Morgan fingerprint density at radius 2 is 1.74 bits per heavy atom. The van der Waals surface area contributed by atoms with Crippen LogP contribution < -0.4 is 5.73 Å². The molecule has 2 unspecified atom stereocenters. The summed E-state index contributed by atoms with van der Waals surface area (Å²) in [7, 11) is -16.1. The molecular formula is C13H22N5O10P3. The SMILES string of the molecule is C[C@H]1[C@@H](Cn2cnc3c(N)ncnc32)CC[C@H]1COP(=O)(O)OP(=O)(O)OP(=O)(O)O. The zero-order chi connectivity index (χ0) is 23.0. The van der Waals surface area contributed by atoms with E-state index in [0.717, 1.165) is 6.42 Å². The molecule has 0 spiro atoms. The second-order valence-electron chi connectivity index (χ2n) is 7.17. The highest BCUT2D eigenvalue weighted by Crippen LogP contribution is 2.66. The Balaban J connectivity index is 1.58. The summed E-state index contributed by atoms with van der Waals surface area (Å²) in [4.78, 5) is 48.2. The highest BCUT2D eigenvalue weighted by molar-refractivity contribution is 7.66.